The van der Waals surface area contributed by atoms with Gasteiger partial charge in [-0.1, -0.05) is 43.6 Å². The van der Waals surface area contributed by atoms with E-state index in [1.165, 1.54) is 5.56 Å². The molecule has 0 amide bonds. The fourth-order valence-corrected chi connectivity index (χ4v) is 2.58. The van der Waals surface area contributed by atoms with Gasteiger partial charge in [-0.3, -0.25) is 0 Å². The molecule has 0 saturated carbocycles. The van der Waals surface area contributed by atoms with Gasteiger partial charge in [0.25, 0.3) is 0 Å². The SMILES string of the molecule is CCCNC(c1cc(Br)ccc1OCC)C(C)(C)C. The lowest BCUT2D eigenvalue weighted by atomic mass is 9.82. The molecule has 0 heterocycles. The number of rotatable bonds is 6. The first kappa shape index (κ1) is 16.5. The van der Waals surface area contributed by atoms with Crippen molar-refractivity contribution in [1.82, 2.24) is 5.32 Å². The van der Waals surface area contributed by atoms with E-state index in [0.29, 0.717) is 6.61 Å². The summed E-state index contributed by atoms with van der Waals surface area (Å²) in [5, 5.41) is 3.65. The Labute approximate surface area is 126 Å². The monoisotopic (exact) mass is 327 g/mol. The van der Waals surface area contributed by atoms with Crippen LogP contribution in [0.4, 0.5) is 0 Å². The van der Waals surface area contributed by atoms with Crippen LogP contribution in [-0.2, 0) is 0 Å². The molecule has 0 aliphatic heterocycles. The maximum atomic E-state index is 5.79. The molecule has 0 bridgehead atoms. The summed E-state index contributed by atoms with van der Waals surface area (Å²) in [5.41, 5.74) is 1.37. The van der Waals surface area contributed by atoms with Crippen molar-refractivity contribution in [2.45, 2.75) is 47.1 Å². The van der Waals surface area contributed by atoms with Gasteiger partial charge < -0.3 is 10.1 Å². The highest BCUT2D eigenvalue weighted by Crippen LogP contribution is 2.38. The van der Waals surface area contributed by atoms with E-state index in [-0.39, 0.29) is 11.5 Å². The summed E-state index contributed by atoms with van der Waals surface area (Å²) in [7, 11) is 0. The zero-order chi connectivity index (χ0) is 14.5. The van der Waals surface area contributed by atoms with Crippen LogP contribution in [0.5, 0.6) is 5.75 Å². The minimum Gasteiger partial charge on any atom is -0.494 e. The molecule has 0 saturated heterocycles. The van der Waals surface area contributed by atoms with Crippen molar-refractivity contribution >= 4 is 15.9 Å². The summed E-state index contributed by atoms with van der Waals surface area (Å²) in [5.74, 6) is 0.981. The minimum absolute atomic E-state index is 0.141. The van der Waals surface area contributed by atoms with E-state index in [1.54, 1.807) is 0 Å². The van der Waals surface area contributed by atoms with Crippen LogP contribution in [-0.4, -0.2) is 13.2 Å². The lowest BCUT2D eigenvalue weighted by Crippen LogP contribution is -2.33. The van der Waals surface area contributed by atoms with E-state index < -0.39 is 0 Å². The summed E-state index contributed by atoms with van der Waals surface area (Å²) in [6.07, 6.45) is 1.13. The van der Waals surface area contributed by atoms with E-state index in [0.717, 1.165) is 23.2 Å². The predicted octanol–water partition coefficient (Wildman–Crippen LogP) is 4.93. The van der Waals surface area contributed by atoms with Crippen LogP contribution in [0.15, 0.2) is 22.7 Å². The molecule has 1 aromatic rings. The largest absolute Gasteiger partial charge is 0.494 e. The Balaban J connectivity index is 3.15. The zero-order valence-electron chi connectivity index (χ0n) is 12.7. The average Bonchev–Trinajstić information content (AvgIpc) is 2.31. The summed E-state index contributed by atoms with van der Waals surface area (Å²) >= 11 is 3.57. The van der Waals surface area contributed by atoms with E-state index in [2.05, 4.69) is 61.1 Å². The molecular formula is C16H26BrNO. The molecule has 1 unspecified atom stereocenters. The molecule has 1 atom stereocenters. The van der Waals surface area contributed by atoms with Crippen LogP contribution in [0.2, 0.25) is 0 Å². The van der Waals surface area contributed by atoms with Gasteiger partial charge in [0, 0.05) is 16.1 Å². The maximum absolute atomic E-state index is 5.79. The number of hydrogen-bond acceptors (Lipinski definition) is 2. The second-order valence-electron chi connectivity index (χ2n) is 5.87. The Morgan fingerprint density at radius 1 is 1.26 bits per heavy atom. The van der Waals surface area contributed by atoms with Gasteiger partial charge in [-0.25, -0.2) is 0 Å². The molecule has 0 aliphatic rings. The molecular weight excluding hydrogens is 302 g/mol. The van der Waals surface area contributed by atoms with Gasteiger partial charge in [-0.2, -0.15) is 0 Å². The van der Waals surface area contributed by atoms with Crippen molar-refractivity contribution in [3.63, 3.8) is 0 Å². The Hall–Kier alpha value is -0.540. The molecule has 108 valence electrons. The second-order valence-corrected chi connectivity index (χ2v) is 6.78. The number of halogens is 1. The average molecular weight is 328 g/mol. The summed E-state index contributed by atoms with van der Waals surface area (Å²) in [6.45, 7) is 12.7. The highest BCUT2D eigenvalue weighted by atomic mass is 79.9. The van der Waals surface area contributed by atoms with Crippen LogP contribution in [0.25, 0.3) is 0 Å². The van der Waals surface area contributed by atoms with E-state index in [4.69, 9.17) is 4.74 Å². The third kappa shape index (κ3) is 4.81. The molecule has 0 fully saturated rings. The first-order valence-corrected chi connectivity index (χ1v) is 7.85. The minimum atomic E-state index is 0.141. The van der Waals surface area contributed by atoms with Crippen molar-refractivity contribution in [3.8, 4) is 5.75 Å². The number of benzene rings is 1. The molecule has 3 heteroatoms. The number of hydrogen-bond donors (Lipinski definition) is 1. The second kappa shape index (κ2) is 7.30. The molecule has 1 rings (SSSR count). The molecule has 0 aromatic heterocycles. The normalized spacial score (nSPS) is 13.4. The van der Waals surface area contributed by atoms with Crippen LogP contribution in [0, 0.1) is 5.41 Å². The third-order valence-electron chi connectivity index (χ3n) is 3.05. The lowest BCUT2D eigenvalue weighted by Gasteiger charge is -2.33. The third-order valence-corrected chi connectivity index (χ3v) is 3.54. The van der Waals surface area contributed by atoms with Gasteiger partial charge in [-0.15, -0.1) is 0 Å². The fraction of sp³-hybridized carbons (Fsp3) is 0.625. The summed E-state index contributed by atoms with van der Waals surface area (Å²) < 4.78 is 6.88. The molecule has 1 N–H and O–H groups in total. The standard InChI is InChI=1S/C16H26BrNO/c1-6-10-18-15(16(3,4)5)13-11-12(17)8-9-14(13)19-7-2/h8-9,11,15,18H,6-7,10H2,1-5H3. The van der Waals surface area contributed by atoms with Crippen molar-refractivity contribution in [2.24, 2.45) is 5.41 Å². The van der Waals surface area contributed by atoms with Gasteiger partial charge in [-0.05, 0) is 43.5 Å². The van der Waals surface area contributed by atoms with Gasteiger partial charge >= 0.3 is 0 Å². The molecule has 0 aliphatic carbocycles. The highest BCUT2D eigenvalue weighted by Gasteiger charge is 2.28. The van der Waals surface area contributed by atoms with E-state index in [9.17, 15) is 0 Å². The van der Waals surface area contributed by atoms with Gasteiger partial charge in [0.2, 0.25) is 0 Å². The Morgan fingerprint density at radius 3 is 2.47 bits per heavy atom. The number of ether oxygens (including phenoxy) is 1. The molecule has 1 aromatic carbocycles. The predicted molar refractivity (Wildman–Crippen MR) is 85.8 cm³/mol. The quantitative estimate of drug-likeness (QED) is 0.799. The van der Waals surface area contributed by atoms with E-state index >= 15 is 0 Å². The Bertz CT molecular complexity index is 398. The molecule has 19 heavy (non-hydrogen) atoms. The first-order chi connectivity index (χ1) is 8.90. The summed E-state index contributed by atoms with van der Waals surface area (Å²) in [6, 6.07) is 6.54. The van der Waals surface area contributed by atoms with Crippen LogP contribution >= 0.6 is 15.9 Å². The van der Waals surface area contributed by atoms with Crippen LogP contribution < -0.4 is 10.1 Å². The Kier molecular flexibility index (Phi) is 6.34. The smallest absolute Gasteiger partial charge is 0.124 e. The van der Waals surface area contributed by atoms with Crippen molar-refractivity contribution in [2.75, 3.05) is 13.2 Å². The van der Waals surface area contributed by atoms with Crippen molar-refractivity contribution in [1.29, 1.82) is 0 Å². The first-order valence-electron chi connectivity index (χ1n) is 7.05. The van der Waals surface area contributed by atoms with Crippen molar-refractivity contribution < 1.29 is 4.74 Å². The molecule has 0 spiro atoms. The van der Waals surface area contributed by atoms with Gasteiger partial charge in [0.05, 0.1) is 6.61 Å². The highest BCUT2D eigenvalue weighted by molar-refractivity contribution is 9.10. The van der Waals surface area contributed by atoms with Gasteiger partial charge in [0.15, 0.2) is 0 Å². The molecule has 2 nitrogen and oxygen atoms in total. The number of nitrogens with one attached hydrogen (secondary N) is 1. The lowest BCUT2D eigenvalue weighted by molar-refractivity contribution is 0.259. The molecule has 0 radical (unpaired) electrons. The zero-order valence-corrected chi connectivity index (χ0v) is 14.3. The van der Waals surface area contributed by atoms with Crippen LogP contribution in [0.3, 0.4) is 0 Å². The summed E-state index contributed by atoms with van der Waals surface area (Å²) in [4.78, 5) is 0. The maximum Gasteiger partial charge on any atom is 0.124 e. The topological polar surface area (TPSA) is 21.3 Å². The fourth-order valence-electron chi connectivity index (χ4n) is 2.20. The Morgan fingerprint density at radius 2 is 1.95 bits per heavy atom. The van der Waals surface area contributed by atoms with E-state index in [1.807, 2.05) is 13.0 Å². The van der Waals surface area contributed by atoms with Crippen LogP contribution in [0.1, 0.15) is 52.6 Å². The van der Waals surface area contributed by atoms with Crippen molar-refractivity contribution in [3.05, 3.63) is 28.2 Å². The van der Waals surface area contributed by atoms with Gasteiger partial charge in [0.1, 0.15) is 5.75 Å².